The zero-order chi connectivity index (χ0) is 15.1. The molecule has 2 fully saturated rings. The molecule has 3 rings (SSSR count). The maximum atomic E-state index is 12.3. The first-order chi connectivity index (χ1) is 9.98. The first-order valence-corrected chi connectivity index (χ1v) is 9.11. The number of anilines is 1. The van der Waals surface area contributed by atoms with Gasteiger partial charge in [0.1, 0.15) is 10.6 Å². The van der Waals surface area contributed by atoms with Crippen molar-refractivity contribution in [3.63, 3.8) is 0 Å². The molecule has 1 aromatic heterocycles. The quantitative estimate of drug-likeness (QED) is 0.776. The average molecular weight is 332 g/mol. The Bertz CT molecular complexity index is 640. The molecule has 0 spiro atoms. The predicted molar refractivity (Wildman–Crippen MR) is 80.4 cm³/mol. The van der Waals surface area contributed by atoms with Gasteiger partial charge in [-0.3, -0.25) is 0 Å². The molecular weight excluding hydrogens is 314 g/mol. The fourth-order valence-electron chi connectivity index (χ4n) is 2.71. The third-order valence-corrected chi connectivity index (χ3v) is 6.90. The van der Waals surface area contributed by atoms with E-state index in [2.05, 4.69) is 14.9 Å². The minimum absolute atomic E-state index is 0.103. The standard InChI is InChI=1S/C13H18ClN3O3S/c1-2-21(18,19)13(3-4-13)10-9-11(16-12(14)15-10)17-5-7-20-8-6-17/h9H,2-8H2,1H3. The second kappa shape index (κ2) is 5.37. The van der Waals surface area contributed by atoms with Gasteiger partial charge in [-0.25, -0.2) is 18.4 Å². The van der Waals surface area contributed by atoms with Gasteiger partial charge in [-0.1, -0.05) is 6.92 Å². The summed E-state index contributed by atoms with van der Waals surface area (Å²) in [4.78, 5) is 10.5. The highest BCUT2D eigenvalue weighted by molar-refractivity contribution is 7.92. The Labute approximate surface area is 129 Å². The lowest BCUT2D eigenvalue weighted by Gasteiger charge is -2.28. The zero-order valence-electron chi connectivity index (χ0n) is 11.9. The highest BCUT2D eigenvalue weighted by Gasteiger charge is 2.56. The summed E-state index contributed by atoms with van der Waals surface area (Å²) >= 11 is 6.02. The van der Waals surface area contributed by atoms with E-state index in [1.165, 1.54) is 0 Å². The van der Waals surface area contributed by atoms with E-state index in [1.54, 1.807) is 13.0 Å². The van der Waals surface area contributed by atoms with Gasteiger partial charge in [0.05, 0.1) is 18.9 Å². The lowest BCUT2D eigenvalue weighted by Crippen LogP contribution is -2.37. The van der Waals surface area contributed by atoms with E-state index in [-0.39, 0.29) is 11.0 Å². The minimum atomic E-state index is -3.20. The Kier molecular flexibility index (Phi) is 3.83. The van der Waals surface area contributed by atoms with E-state index >= 15 is 0 Å². The molecule has 1 aliphatic carbocycles. The van der Waals surface area contributed by atoms with Crippen LogP contribution in [-0.2, 0) is 19.3 Å². The summed E-state index contributed by atoms with van der Waals surface area (Å²) in [5.74, 6) is 0.799. The van der Waals surface area contributed by atoms with E-state index in [1.807, 2.05) is 0 Å². The van der Waals surface area contributed by atoms with Crippen molar-refractivity contribution in [2.45, 2.75) is 24.5 Å². The fraction of sp³-hybridized carbons (Fsp3) is 0.692. The zero-order valence-corrected chi connectivity index (χ0v) is 13.5. The highest BCUT2D eigenvalue weighted by atomic mass is 35.5. The summed E-state index contributed by atoms with van der Waals surface area (Å²) in [5.41, 5.74) is 0.533. The molecule has 0 N–H and O–H groups in total. The largest absolute Gasteiger partial charge is 0.378 e. The Morgan fingerprint density at radius 3 is 2.57 bits per heavy atom. The fourth-order valence-corrected chi connectivity index (χ4v) is 4.59. The number of hydrogen-bond donors (Lipinski definition) is 0. The van der Waals surface area contributed by atoms with Crippen LogP contribution < -0.4 is 4.90 Å². The smallest absolute Gasteiger partial charge is 0.224 e. The Morgan fingerprint density at radius 1 is 1.33 bits per heavy atom. The lowest BCUT2D eigenvalue weighted by molar-refractivity contribution is 0.122. The van der Waals surface area contributed by atoms with Crippen molar-refractivity contribution in [3.8, 4) is 0 Å². The van der Waals surface area contributed by atoms with Crippen LogP contribution in [0.5, 0.6) is 0 Å². The van der Waals surface area contributed by atoms with Gasteiger partial charge in [0.25, 0.3) is 0 Å². The number of morpholine rings is 1. The van der Waals surface area contributed by atoms with Gasteiger partial charge in [-0.15, -0.1) is 0 Å². The van der Waals surface area contributed by atoms with Crippen LogP contribution in [0.3, 0.4) is 0 Å². The van der Waals surface area contributed by atoms with Crippen molar-refractivity contribution in [3.05, 3.63) is 17.0 Å². The summed E-state index contributed by atoms with van der Waals surface area (Å²) in [6.45, 7) is 4.38. The number of aromatic nitrogens is 2. The topological polar surface area (TPSA) is 72.4 Å². The van der Waals surface area contributed by atoms with Crippen molar-refractivity contribution in [2.75, 3.05) is 37.0 Å². The molecule has 1 aliphatic heterocycles. The Balaban J connectivity index is 1.99. The van der Waals surface area contributed by atoms with Crippen LogP contribution in [0, 0.1) is 0 Å². The molecule has 0 aromatic carbocycles. The van der Waals surface area contributed by atoms with Crippen molar-refractivity contribution in [1.29, 1.82) is 0 Å². The molecule has 2 heterocycles. The molecule has 1 saturated heterocycles. The molecule has 8 heteroatoms. The SMILES string of the molecule is CCS(=O)(=O)C1(c2cc(N3CCOCC3)nc(Cl)n2)CC1. The van der Waals surface area contributed by atoms with E-state index in [0.29, 0.717) is 37.6 Å². The van der Waals surface area contributed by atoms with Crippen LogP contribution in [0.1, 0.15) is 25.5 Å². The summed E-state index contributed by atoms with van der Waals surface area (Å²) < 4.78 is 29.2. The van der Waals surface area contributed by atoms with Gasteiger partial charge in [0, 0.05) is 24.9 Å². The molecule has 6 nitrogen and oxygen atoms in total. The van der Waals surface area contributed by atoms with E-state index in [0.717, 1.165) is 13.1 Å². The van der Waals surface area contributed by atoms with E-state index < -0.39 is 14.6 Å². The van der Waals surface area contributed by atoms with Gasteiger partial charge in [-0.05, 0) is 24.4 Å². The summed E-state index contributed by atoms with van der Waals surface area (Å²) in [6.07, 6.45) is 1.22. The van der Waals surface area contributed by atoms with E-state index in [9.17, 15) is 8.42 Å². The normalized spacial score (nSPS) is 21.3. The molecule has 0 amide bonds. The summed E-state index contributed by atoms with van der Waals surface area (Å²) in [6, 6.07) is 1.78. The molecule has 21 heavy (non-hydrogen) atoms. The predicted octanol–water partition coefficient (Wildman–Crippen LogP) is 1.39. The van der Waals surface area contributed by atoms with Gasteiger partial charge in [-0.2, -0.15) is 0 Å². The third kappa shape index (κ3) is 2.62. The molecule has 2 aliphatic rings. The number of hydrogen-bond acceptors (Lipinski definition) is 6. The molecule has 0 radical (unpaired) electrons. The molecule has 0 atom stereocenters. The Morgan fingerprint density at radius 2 is 2.00 bits per heavy atom. The highest BCUT2D eigenvalue weighted by Crippen LogP contribution is 2.52. The lowest BCUT2D eigenvalue weighted by atomic mass is 10.2. The first kappa shape index (κ1) is 15.0. The maximum Gasteiger partial charge on any atom is 0.224 e. The van der Waals surface area contributed by atoms with Gasteiger partial charge >= 0.3 is 0 Å². The maximum absolute atomic E-state index is 12.3. The van der Waals surface area contributed by atoms with Gasteiger partial charge in [0.2, 0.25) is 5.28 Å². The number of nitrogens with zero attached hydrogens (tertiary/aromatic N) is 3. The number of halogens is 1. The molecule has 116 valence electrons. The van der Waals surface area contributed by atoms with Gasteiger partial charge < -0.3 is 9.64 Å². The number of rotatable bonds is 4. The first-order valence-electron chi connectivity index (χ1n) is 7.08. The van der Waals surface area contributed by atoms with Gasteiger partial charge in [0.15, 0.2) is 9.84 Å². The molecule has 1 aromatic rings. The van der Waals surface area contributed by atoms with Crippen molar-refractivity contribution >= 4 is 27.3 Å². The minimum Gasteiger partial charge on any atom is -0.378 e. The van der Waals surface area contributed by atoms with Crippen LogP contribution in [0.4, 0.5) is 5.82 Å². The number of ether oxygens (including phenoxy) is 1. The van der Waals surface area contributed by atoms with Crippen LogP contribution in [-0.4, -0.2) is 50.4 Å². The van der Waals surface area contributed by atoms with Crippen LogP contribution >= 0.6 is 11.6 Å². The second-order valence-corrected chi connectivity index (χ2v) is 8.30. The molecule has 0 bridgehead atoms. The van der Waals surface area contributed by atoms with Crippen LogP contribution in [0.15, 0.2) is 6.07 Å². The third-order valence-electron chi connectivity index (χ3n) is 4.17. The van der Waals surface area contributed by atoms with Crippen LogP contribution in [0.25, 0.3) is 0 Å². The van der Waals surface area contributed by atoms with Crippen LogP contribution in [0.2, 0.25) is 5.28 Å². The molecule has 0 unspecified atom stereocenters. The van der Waals surface area contributed by atoms with Crippen molar-refractivity contribution < 1.29 is 13.2 Å². The second-order valence-electron chi connectivity index (χ2n) is 5.38. The van der Waals surface area contributed by atoms with E-state index in [4.69, 9.17) is 16.3 Å². The number of sulfone groups is 1. The van der Waals surface area contributed by atoms with Crippen molar-refractivity contribution in [1.82, 2.24) is 9.97 Å². The monoisotopic (exact) mass is 331 g/mol. The van der Waals surface area contributed by atoms with Crippen molar-refractivity contribution in [2.24, 2.45) is 0 Å². The molecular formula is C13H18ClN3O3S. The molecule has 1 saturated carbocycles. The summed E-state index contributed by atoms with van der Waals surface area (Å²) in [7, 11) is -3.20. The summed E-state index contributed by atoms with van der Waals surface area (Å²) in [5, 5.41) is 0.103. The Hall–Kier alpha value is -0.920. The average Bonchev–Trinajstić information content (AvgIpc) is 3.30.